The van der Waals surface area contributed by atoms with Crippen molar-refractivity contribution in [2.75, 3.05) is 11.4 Å². The third-order valence-corrected chi connectivity index (χ3v) is 3.69. The monoisotopic (exact) mass is 355 g/mol. The van der Waals surface area contributed by atoms with Crippen molar-refractivity contribution in [2.24, 2.45) is 0 Å². The molecule has 1 aromatic carbocycles. The highest BCUT2D eigenvalue weighted by Gasteiger charge is 2.76. The molecule has 0 bridgehead atoms. The standard InChI is InChI=1S/C10H8F7NO3S/c1-18(7-5-3-2-4-6-7)22(19,20)21-10(16,17)8(11,12)9(13,14)15/h2-6H,1H3. The minimum absolute atomic E-state index is 0.00658. The second kappa shape index (κ2) is 5.57. The van der Waals surface area contributed by atoms with E-state index < -0.39 is 28.5 Å². The van der Waals surface area contributed by atoms with Crippen LogP contribution in [-0.4, -0.2) is 33.7 Å². The molecule has 0 fully saturated rings. The number of para-hydroxylation sites is 1. The first-order chi connectivity index (χ1) is 9.72. The van der Waals surface area contributed by atoms with Crippen LogP contribution in [0.1, 0.15) is 0 Å². The molecule has 0 aliphatic rings. The Morgan fingerprint density at radius 1 is 0.955 bits per heavy atom. The van der Waals surface area contributed by atoms with E-state index in [0.29, 0.717) is 7.05 Å². The van der Waals surface area contributed by atoms with Crippen LogP contribution < -0.4 is 4.31 Å². The van der Waals surface area contributed by atoms with Gasteiger partial charge < -0.3 is 0 Å². The Balaban J connectivity index is 3.11. The van der Waals surface area contributed by atoms with Crippen LogP contribution in [0.5, 0.6) is 0 Å². The molecule has 0 N–H and O–H groups in total. The molecule has 0 atom stereocenters. The lowest BCUT2D eigenvalue weighted by molar-refractivity contribution is -0.402. The summed E-state index contributed by atoms with van der Waals surface area (Å²) in [5, 5.41) is 0. The van der Waals surface area contributed by atoms with Gasteiger partial charge in [-0.05, 0) is 12.1 Å². The molecule has 0 heterocycles. The van der Waals surface area contributed by atoms with Gasteiger partial charge in [-0.2, -0.15) is 43.3 Å². The maximum absolute atomic E-state index is 13.0. The first kappa shape index (κ1) is 18.5. The molecule has 1 aromatic rings. The zero-order chi connectivity index (χ0) is 17.4. The average Bonchev–Trinajstić information content (AvgIpc) is 2.36. The molecule has 0 spiro atoms. The fourth-order valence-electron chi connectivity index (χ4n) is 1.17. The van der Waals surface area contributed by atoms with Gasteiger partial charge in [0.25, 0.3) is 0 Å². The molecule has 0 aliphatic heterocycles. The summed E-state index contributed by atoms with van der Waals surface area (Å²) in [5.74, 6) is -6.69. The Labute approximate surface area is 120 Å². The van der Waals surface area contributed by atoms with Gasteiger partial charge in [0.05, 0.1) is 5.69 Å². The predicted octanol–water partition coefficient (Wildman–Crippen LogP) is 3.17. The van der Waals surface area contributed by atoms with E-state index in [1.165, 1.54) is 18.2 Å². The summed E-state index contributed by atoms with van der Waals surface area (Å²) in [6, 6.07) is 6.16. The number of anilines is 1. The van der Waals surface area contributed by atoms with Crippen LogP contribution in [-0.2, 0) is 14.5 Å². The Bertz CT molecular complexity index is 615. The van der Waals surface area contributed by atoms with Crippen molar-refractivity contribution in [2.45, 2.75) is 18.2 Å². The number of benzene rings is 1. The van der Waals surface area contributed by atoms with Gasteiger partial charge in [0.15, 0.2) is 0 Å². The van der Waals surface area contributed by atoms with Gasteiger partial charge in [0.1, 0.15) is 0 Å². The molecule has 0 saturated carbocycles. The maximum Gasteiger partial charge on any atom is 0.462 e. The Hall–Kier alpha value is -1.56. The molecule has 0 aromatic heterocycles. The largest absolute Gasteiger partial charge is 0.462 e. The molecule has 0 saturated heterocycles. The highest BCUT2D eigenvalue weighted by molar-refractivity contribution is 7.88. The van der Waals surface area contributed by atoms with Gasteiger partial charge in [0, 0.05) is 7.05 Å². The van der Waals surface area contributed by atoms with Gasteiger partial charge >= 0.3 is 28.5 Å². The molecule has 0 unspecified atom stereocenters. The first-order valence-electron chi connectivity index (χ1n) is 5.29. The normalized spacial score (nSPS) is 14.0. The highest BCUT2D eigenvalue weighted by Crippen LogP contribution is 2.47. The van der Waals surface area contributed by atoms with Crippen molar-refractivity contribution in [3.8, 4) is 0 Å². The van der Waals surface area contributed by atoms with Crippen molar-refractivity contribution in [3.63, 3.8) is 0 Å². The lowest BCUT2D eigenvalue weighted by Gasteiger charge is -2.28. The molecule has 12 heteroatoms. The van der Waals surface area contributed by atoms with Gasteiger partial charge in [-0.1, -0.05) is 18.2 Å². The Kier molecular flexibility index (Phi) is 4.68. The van der Waals surface area contributed by atoms with Crippen LogP contribution in [0.2, 0.25) is 0 Å². The minimum atomic E-state index is -6.70. The summed E-state index contributed by atoms with van der Waals surface area (Å²) in [6.07, 6.45) is -13.0. The highest BCUT2D eigenvalue weighted by atomic mass is 32.2. The van der Waals surface area contributed by atoms with Crippen molar-refractivity contribution in [1.29, 1.82) is 0 Å². The third-order valence-electron chi connectivity index (χ3n) is 2.39. The summed E-state index contributed by atoms with van der Waals surface area (Å²) < 4.78 is 113. The van der Waals surface area contributed by atoms with Gasteiger partial charge in [-0.15, -0.1) is 0 Å². The van der Waals surface area contributed by atoms with E-state index in [9.17, 15) is 39.2 Å². The quantitative estimate of drug-likeness (QED) is 0.763. The summed E-state index contributed by atoms with van der Waals surface area (Å²) in [4.78, 5) is 0. The number of halogens is 7. The van der Waals surface area contributed by atoms with E-state index in [1.807, 2.05) is 0 Å². The van der Waals surface area contributed by atoms with Crippen LogP contribution in [0.25, 0.3) is 0 Å². The van der Waals surface area contributed by atoms with Crippen molar-refractivity contribution in [3.05, 3.63) is 30.3 Å². The van der Waals surface area contributed by atoms with Crippen LogP contribution >= 0.6 is 0 Å². The number of hydrogen-bond donors (Lipinski definition) is 0. The van der Waals surface area contributed by atoms with E-state index in [-0.39, 0.29) is 9.99 Å². The number of hydrogen-bond acceptors (Lipinski definition) is 3. The number of nitrogens with zero attached hydrogens (tertiary/aromatic N) is 1. The van der Waals surface area contributed by atoms with E-state index >= 15 is 0 Å². The predicted molar refractivity (Wildman–Crippen MR) is 60.8 cm³/mol. The first-order valence-corrected chi connectivity index (χ1v) is 6.66. The second-order valence-corrected chi connectivity index (χ2v) is 5.50. The topological polar surface area (TPSA) is 46.6 Å². The van der Waals surface area contributed by atoms with Crippen LogP contribution in [0.15, 0.2) is 30.3 Å². The number of rotatable bonds is 5. The van der Waals surface area contributed by atoms with Gasteiger partial charge in [0.2, 0.25) is 0 Å². The van der Waals surface area contributed by atoms with Crippen molar-refractivity contribution < 1.29 is 43.3 Å². The molecule has 0 aliphatic carbocycles. The fraction of sp³-hybridized carbons (Fsp3) is 0.400. The van der Waals surface area contributed by atoms with Crippen LogP contribution in [0.3, 0.4) is 0 Å². The summed E-state index contributed by atoms with van der Waals surface area (Å²) in [7, 11) is -4.97. The molecular formula is C10H8F7NO3S. The van der Waals surface area contributed by atoms with Crippen LogP contribution in [0, 0.1) is 0 Å². The van der Waals surface area contributed by atoms with Gasteiger partial charge in [-0.3, -0.25) is 4.31 Å². The smallest absolute Gasteiger partial charge is 0.251 e. The fourth-order valence-corrected chi connectivity index (χ4v) is 2.03. The maximum atomic E-state index is 13.0. The Morgan fingerprint density at radius 2 is 1.41 bits per heavy atom. The SMILES string of the molecule is CN(c1ccccc1)S(=O)(=O)OC(F)(F)C(F)(F)C(F)(F)F. The molecular weight excluding hydrogens is 347 g/mol. The second-order valence-electron chi connectivity index (χ2n) is 3.93. The van der Waals surface area contributed by atoms with Crippen molar-refractivity contribution in [1.82, 2.24) is 0 Å². The molecule has 1 rings (SSSR count). The molecule has 4 nitrogen and oxygen atoms in total. The summed E-state index contributed by atoms with van der Waals surface area (Å²) in [6.45, 7) is 0. The molecule has 126 valence electrons. The number of alkyl halides is 7. The Morgan fingerprint density at radius 3 is 1.82 bits per heavy atom. The average molecular weight is 355 g/mol. The van der Waals surface area contributed by atoms with E-state index in [4.69, 9.17) is 0 Å². The van der Waals surface area contributed by atoms with E-state index in [2.05, 4.69) is 4.18 Å². The summed E-state index contributed by atoms with van der Waals surface area (Å²) >= 11 is 0. The minimum Gasteiger partial charge on any atom is -0.251 e. The van der Waals surface area contributed by atoms with Crippen LogP contribution in [0.4, 0.5) is 36.4 Å². The van der Waals surface area contributed by atoms with E-state index in [0.717, 1.165) is 12.1 Å². The van der Waals surface area contributed by atoms with Crippen molar-refractivity contribution >= 4 is 16.0 Å². The molecule has 22 heavy (non-hydrogen) atoms. The van der Waals surface area contributed by atoms with E-state index in [1.54, 1.807) is 0 Å². The van der Waals surface area contributed by atoms with Gasteiger partial charge in [-0.25, -0.2) is 0 Å². The molecule has 0 radical (unpaired) electrons. The summed E-state index contributed by atoms with van der Waals surface area (Å²) in [5.41, 5.74) is -0.284. The lowest BCUT2D eigenvalue weighted by atomic mass is 10.3. The zero-order valence-electron chi connectivity index (χ0n) is 10.6. The lowest BCUT2D eigenvalue weighted by Crippen LogP contribution is -2.55. The zero-order valence-corrected chi connectivity index (χ0v) is 11.4. The molecule has 0 amide bonds. The third kappa shape index (κ3) is 3.43.